The first-order valence-corrected chi connectivity index (χ1v) is 6.76. The van der Waals surface area contributed by atoms with Gasteiger partial charge in [0.05, 0.1) is 0 Å². The zero-order valence-electron chi connectivity index (χ0n) is 10.3. The molecule has 1 aliphatic carbocycles. The molecule has 0 bridgehead atoms. The quantitative estimate of drug-likeness (QED) is 0.613. The highest BCUT2D eigenvalue weighted by Crippen LogP contribution is 2.30. The summed E-state index contributed by atoms with van der Waals surface area (Å²) >= 11 is 1.23. The lowest BCUT2D eigenvalue weighted by molar-refractivity contribution is -0.139. The molecule has 0 radical (unpaired) electrons. The molecule has 0 saturated heterocycles. The van der Waals surface area contributed by atoms with Crippen molar-refractivity contribution in [2.24, 2.45) is 10.7 Å². The highest BCUT2D eigenvalue weighted by Gasteiger charge is 2.30. The summed E-state index contributed by atoms with van der Waals surface area (Å²) in [7, 11) is 0. The number of fused-ring (bicyclic) bond motifs is 1. The summed E-state index contributed by atoms with van der Waals surface area (Å²) in [6.07, 6.45) is 2.95. The van der Waals surface area contributed by atoms with Crippen LogP contribution in [-0.2, 0) is 14.4 Å². The van der Waals surface area contributed by atoms with Crippen LogP contribution in [-0.4, -0.2) is 51.5 Å². The van der Waals surface area contributed by atoms with E-state index in [-0.39, 0.29) is 17.9 Å². The summed E-state index contributed by atoms with van der Waals surface area (Å²) in [6, 6.07) is -2.00. The lowest BCUT2D eigenvalue weighted by Crippen LogP contribution is -2.33. The van der Waals surface area contributed by atoms with Crippen molar-refractivity contribution in [3.8, 4) is 0 Å². The van der Waals surface area contributed by atoms with Crippen LogP contribution < -0.4 is 5.73 Å². The maximum absolute atomic E-state index is 11.9. The van der Waals surface area contributed by atoms with E-state index >= 15 is 0 Å². The summed E-state index contributed by atoms with van der Waals surface area (Å²) in [6.45, 7) is 0. The number of thioether (sulfide) groups is 1. The van der Waals surface area contributed by atoms with E-state index in [4.69, 9.17) is 15.9 Å². The van der Waals surface area contributed by atoms with E-state index in [9.17, 15) is 14.4 Å². The number of rotatable bonds is 4. The van der Waals surface area contributed by atoms with Gasteiger partial charge in [0.2, 0.25) is 5.78 Å². The molecule has 0 aromatic rings. The van der Waals surface area contributed by atoms with Crippen LogP contribution in [0.15, 0.2) is 27.6 Å². The molecule has 0 aromatic heterocycles. The highest BCUT2D eigenvalue weighted by molar-refractivity contribution is 8.04. The van der Waals surface area contributed by atoms with Gasteiger partial charge in [-0.25, -0.2) is 4.79 Å². The average Bonchev–Trinajstić information content (AvgIpc) is 2.38. The normalized spacial score (nSPS) is 23.1. The Bertz CT molecular complexity index is 578. The van der Waals surface area contributed by atoms with Gasteiger partial charge in [0.1, 0.15) is 11.8 Å². The third-order valence-electron chi connectivity index (χ3n) is 2.84. The van der Waals surface area contributed by atoms with Gasteiger partial charge in [-0.3, -0.25) is 14.6 Å². The number of allylic oxidation sites excluding steroid dienone is 3. The molecular formula is C12H12N2O5S. The van der Waals surface area contributed by atoms with Crippen molar-refractivity contribution in [1.29, 1.82) is 0 Å². The van der Waals surface area contributed by atoms with Crippen molar-refractivity contribution in [2.45, 2.75) is 18.5 Å². The molecule has 0 aromatic carbocycles. The van der Waals surface area contributed by atoms with Crippen molar-refractivity contribution in [1.82, 2.24) is 0 Å². The fourth-order valence-corrected chi connectivity index (χ4v) is 2.90. The first-order chi connectivity index (χ1) is 9.38. The second-order valence-corrected chi connectivity index (χ2v) is 5.45. The fraction of sp³-hybridized carbons (Fsp3) is 0.333. The largest absolute Gasteiger partial charge is 0.480 e. The smallest absolute Gasteiger partial charge is 0.329 e. The average molecular weight is 296 g/mol. The number of ketones is 1. The Hall–Kier alpha value is -1.93. The molecule has 0 spiro atoms. The van der Waals surface area contributed by atoms with E-state index in [2.05, 4.69) is 4.99 Å². The first kappa shape index (κ1) is 14.5. The number of carboxylic acids is 2. The second-order valence-electron chi connectivity index (χ2n) is 4.38. The molecule has 2 aliphatic rings. The molecule has 2 rings (SSSR count). The van der Waals surface area contributed by atoms with Gasteiger partial charge >= 0.3 is 11.9 Å². The number of aliphatic imine (C=N–C) groups is 1. The lowest BCUT2D eigenvalue weighted by atomic mass is 9.98. The number of hydrogen-bond acceptors (Lipinski definition) is 6. The van der Waals surface area contributed by atoms with Crippen LogP contribution >= 0.6 is 11.8 Å². The molecular weight excluding hydrogens is 284 g/mol. The van der Waals surface area contributed by atoms with Gasteiger partial charge in [-0.2, -0.15) is 0 Å². The Morgan fingerprint density at radius 2 is 2.15 bits per heavy atom. The van der Waals surface area contributed by atoms with Crippen LogP contribution in [0.25, 0.3) is 0 Å². The fourth-order valence-electron chi connectivity index (χ4n) is 1.82. The summed E-state index contributed by atoms with van der Waals surface area (Å²) in [5, 5.41) is 17.7. The monoisotopic (exact) mass is 296 g/mol. The van der Waals surface area contributed by atoms with Gasteiger partial charge < -0.3 is 15.9 Å². The van der Waals surface area contributed by atoms with Crippen molar-refractivity contribution in [3.63, 3.8) is 0 Å². The summed E-state index contributed by atoms with van der Waals surface area (Å²) < 4.78 is 0. The topological polar surface area (TPSA) is 130 Å². The van der Waals surface area contributed by atoms with Crippen LogP contribution in [0, 0.1) is 0 Å². The Kier molecular flexibility index (Phi) is 4.05. The molecule has 1 heterocycles. The number of nitrogens with two attached hydrogens (primary N) is 1. The molecule has 2 atom stereocenters. The molecule has 8 heteroatoms. The van der Waals surface area contributed by atoms with Crippen molar-refractivity contribution in [2.75, 3.05) is 5.75 Å². The molecule has 0 amide bonds. The zero-order valence-corrected chi connectivity index (χ0v) is 11.1. The highest BCUT2D eigenvalue weighted by atomic mass is 32.2. The Morgan fingerprint density at radius 3 is 2.75 bits per heavy atom. The number of carbonyl (C=O) groups excluding carboxylic acids is 1. The number of carboxylic acid groups (broad SMARTS) is 2. The van der Waals surface area contributed by atoms with Gasteiger partial charge in [-0.05, 0) is 24.1 Å². The van der Waals surface area contributed by atoms with Crippen LogP contribution in [0.5, 0.6) is 0 Å². The molecule has 20 heavy (non-hydrogen) atoms. The number of aliphatic carboxylic acids is 2. The van der Waals surface area contributed by atoms with Gasteiger partial charge in [-0.1, -0.05) is 0 Å². The predicted molar refractivity (Wildman–Crippen MR) is 72.7 cm³/mol. The zero-order chi connectivity index (χ0) is 14.9. The Labute approximate surface area is 118 Å². The van der Waals surface area contributed by atoms with E-state index in [1.54, 1.807) is 6.08 Å². The Balaban J connectivity index is 2.22. The van der Waals surface area contributed by atoms with E-state index in [1.807, 2.05) is 0 Å². The molecule has 0 saturated carbocycles. The molecule has 7 nitrogen and oxygen atoms in total. The number of carbonyl (C=O) groups is 3. The standard InChI is InChI=1S/C12H12N2O5S/c13-6(11(16)17)1-5-2-8(15)10-9(3-5)20-4-7(14-10)12(18)19/h2-3,6-7H,1,4,13H2,(H,16,17)(H,18,19). The minimum Gasteiger partial charge on any atom is -0.480 e. The molecule has 1 aliphatic heterocycles. The summed E-state index contributed by atoms with van der Waals surface area (Å²) in [5.41, 5.74) is 6.07. The third-order valence-corrected chi connectivity index (χ3v) is 3.94. The van der Waals surface area contributed by atoms with E-state index in [0.717, 1.165) is 0 Å². The summed E-state index contributed by atoms with van der Waals surface area (Å²) in [4.78, 5) is 38.0. The summed E-state index contributed by atoms with van der Waals surface area (Å²) in [5.74, 6) is -2.37. The van der Waals surface area contributed by atoms with Crippen molar-refractivity contribution >= 4 is 35.2 Å². The maximum Gasteiger partial charge on any atom is 0.329 e. The number of nitrogens with zero attached hydrogens (tertiary/aromatic N) is 1. The van der Waals surface area contributed by atoms with Crippen molar-refractivity contribution in [3.05, 3.63) is 22.6 Å². The first-order valence-electron chi connectivity index (χ1n) is 5.77. The van der Waals surface area contributed by atoms with Crippen LogP contribution in [0.1, 0.15) is 6.42 Å². The maximum atomic E-state index is 11.9. The van der Waals surface area contributed by atoms with Crippen LogP contribution in [0.3, 0.4) is 0 Å². The lowest BCUT2D eigenvalue weighted by Gasteiger charge is -2.22. The van der Waals surface area contributed by atoms with Crippen molar-refractivity contribution < 1.29 is 24.6 Å². The minimum atomic E-state index is -1.14. The SMILES string of the molecule is NC(CC1=CC(=O)C2=NC(C(=O)O)CSC2=C1)C(=O)O. The molecule has 4 N–H and O–H groups in total. The van der Waals surface area contributed by atoms with Gasteiger partial charge in [0.15, 0.2) is 6.04 Å². The molecule has 106 valence electrons. The molecule has 0 fully saturated rings. The Morgan fingerprint density at radius 1 is 1.45 bits per heavy atom. The van der Waals surface area contributed by atoms with Crippen LogP contribution in [0.4, 0.5) is 0 Å². The van der Waals surface area contributed by atoms with E-state index in [1.165, 1.54) is 17.8 Å². The van der Waals surface area contributed by atoms with Crippen LogP contribution in [0.2, 0.25) is 0 Å². The minimum absolute atomic E-state index is 0.0424. The van der Waals surface area contributed by atoms with E-state index < -0.39 is 29.8 Å². The molecule has 2 unspecified atom stereocenters. The van der Waals surface area contributed by atoms with Gasteiger partial charge in [0, 0.05) is 10.7 Å². The predicted octanol–water partition coefficient (Wildman–Crippen LogP) is -0.178. The second kappa shape index (κ2) is 5.59. The van der Waals surface area contributed by atoms with E-state index in [0.29, 0.717) is 10.5 Å². The third kappa shape index (κ3) is 2.97. The van der Waals surface area contributed by atoms with Gasteiger partial charge in [-0.15, -0.1) is 11.8 Å². The van der Waals surface area contributed by atoms with Gasteiger partial charge in [0.25, 0.3) is 0 Å². The number of hydrogen-bond donors (Lipinski definition) is 3.